The molecule has 7 nitrogen and oxygen atoms in total. The van der Waals surface area contributed by atoms with Crippen molar-refractivity contribution in [2.24, 2.45) is 0 Å². The smallest absolute Gasteiger partial charge is 0.233 e. The number of thiazole rings is 1. The van der Waals surface area contributed by atoms with E-state index in [-0.39, 0.29) is 11.8 Å². The molecule has 162 valence electrons. The van der Waals surface area contributed by atoms with Crippen LogP contribution in [0.1, 0.15) is 44.7 Å². The van der Waals surface area contributed by atoms with Crippen molar-refractivity contribution in [1.82, 2.24) is 15.0 Å². The molecule has 1 aliphatic carbocycles. The third kappa shape index (κ3) is 5.74. The zero-order chi connectivity index (χ0) is 21.6. The van der Waals surface area contributed by atoms with E-state index in [9.17, 15) is 4.79 Å². The van der Waals surface area contributed by atoms with Crippen molar-refractivity contribution in [3.8, 4) is 11.3 Å². The van der Waals surface area contributed by atoms with Crippen molar-refractivity contribution < 1.29 is 4.79 Å². The van der Waals surface area contributed by atoms with Crippen LogP contribution in [0.25, 0.3) is 11.3 Å². The zero-order valence-corrected chi connectivity index (χ0v) is 19.2. The van der Waals surface area contributed by atoms with E-state index in [1.807, 2.05) is 43.5 Å². The number of carbonyl (C=O) groups excluding carboxylic acids is 1. The Labute approximate surface area is 190 Å². The molecular weight excluding hydrogens is 428 g/mol. The number of nitrogens with zero attached hydrogens (tertiary/aromatic N) is 3. The lowest BCUT2D eigenvalue weighted by Gasteiger charge is -2.13. The summed E-state index contributed by atoms with van der Waals surface area (Å²) in [5.41, 5.74) is 3.30. The van der Waals surface area contributed by atoms with Crippen molar-refractivity contribution in [2.45, 2.75) is 44.3 Å². The number of hydrogen-bond donors (Lipinski definition) is 3. The van der Waals surface area contributed by atoms with Gasteiger partial charge in [-0.25, -0.2) is 9.97 Å². The van der Waals surface area contributed by atoms with E-state index < -0.39 is 0 Å². The third-order valence-electron chi connectivity index (χ3n) is 4.88. The van der Waals surface area contributed by atoms with E-state index >= 15 is 0 Å². The van der Waals surface area contributed by atoms with Crippen LogP contribution >= 0.6 is 23.3 Å². The van der Waals surface area contributed by atoms with Crippen molar-refractivity contribution >= 4 is 45.8 Å². The molecule has 1 saturated carbocycles. The first-order valence-electron chi connectivity index (χ1n) is 10.5. The summed E-state index contributed by atoms with van der Waals surface area (Å²) in [6.45, 7) is 4.82. The summed E-state index contributed by atoms with van der Waals surface area (Å²) in [5.74, 6) is 0.423. The number of aromatic nitrogens is 3. The molecule has 2 aromatic heterocycles. The summed E-state index contributed by atoms with van der Waals surface area (Å²) in [6, 6.07) is 7.66. The predicted octanol–water partition coefficient (Wildman–Crippen LogP) is 5.39. The molecule has 4 rings (SSSR count). The number of nitrogens with one attached hydrogen (secondary N) is 3. The number of carbonyl (C=O) groups is 1. The van der Waals surface area contributed by atoms with Gasteiger partial charge in [0.1, 0.15) is 5.82 Å². The highest BCUT2D eigenvalue weighted by Gasteiger charge is 2.24. The SMILES string of the molecule is CCNc1cncc(-c2ccc(NC(=O)C(CC)c3csc(NSC4CC4)n3)cc2)n1. The highest BCUT2D eigenvalue weighted by Crippen LogP contribution is 2.35. The summed E-state index contributed by atoms with van der Waals surface area (Å²) in [4.78, 5) is 26.3. The van der Waals surface area contributed by atoms with Crippen LogP contribution in [-0.2, 0) is 4.79 Å². The van der Waals surface area contributed by atoms with Crippen LogP contribution < -0.4 is 15.4 Å². The second-order valence-electron chi connectivity index (χ2n) is 7.34. The maximum absolute atomic E-state index is 12.9. The molecule has 31 heavy (non-hydrogen) atoms. The van der Waals surface area contributed by atoms with E-state index in [2.05, 4.69) is 30.3 Å². The van der Waals surface area contributed by atoms with Crippen molar-refractivity contribution in [3.05, 3.63) is 47.7 Å². The molecule has 1 aromatic carbocycles. The van der Waals surface area contributed by atoms with Gasteiger partial charge in [-0.2, -0.15) is 0 Å². The van der Waals surface area contributed by atoms with Crippen LogP contribution in [0.2, 0.25) is 0 Å². The first-order chi connectivity index (χ1) is 15.2. The molecule has 1 aliphatic rings. The van der Waals surface area contributed by atoms with Crippen LogP contribution in [-0.4, -0.2) is 32.7 Å². The Balaban J connectivity index is 1.39. The molecule has 0 saturated heterocycles. The summed E-state index contributed by atoms with van der Waals surface area (Å²) >= 11 is 3.28. The number of amides is 1. The van der Waals surface area contributed by atoms with Gasteiger partial charge >= 0.3 is 0 Å². The van der Waals surface area contributed by atoms with Gasteiger partial charge in [0.2, 0.25) is 5.91 Å². The minimum absolute atomic E-state index is 0.0455. The summed E-state index contributed by atoms with van der Waals surface area (Å²) in [7, 11) is 0. The topological polar surface area (TPSA) is 91.8 Å². The average molecular weight is 455 g/mol. The molecule has 2 heterocycles. The fraction of sp³-hybridized carbons (Fsp3) is 0.364. The van der Waals surface area contributed by atoms with Gasteiger partial charge in [0.15, 0.2) is 5.13 Å². The largest absolute Gasteiger partial charge is 0.369 e. The standard InChI is InChI=1S/C22H26N6OS2/c1-3-17(19-13-30-22(27-19)28-31-16-9-10-16)21(29)25-15-7-5-14(6-8-15)18-11-23-12-20(26-18)24-4-2/h5-8,11-13,16-17H,3-4,9-10H2,1-2H3,(H,24,26)(H,25,29)(H,27,28). The molecule has 1 amide bonds. The normalized spacial score (nSPS) is 14.1. The lowest BCUT2D eigenvalue weighted by atomic mass is 10.0. The Morgan fingerprint density at radius 2 is 2.00 bits per heavy atom. The lowest BCUT2D eigenvalue weighted by Crippen LogP contribution is -2.21. The molecule has 3 N–H and O–H groups in total. The van der Waals surface area contributed by atoms with Gasteiger partial charge < -0.3 is 15.4 Å². The van der Waals surface area contributed by atoms with Gasteiger partial charge in [0.05, 0.1) is 29.7 Å². The molecule has 1 fully saturated rings. The molecule has 0 aliphatic heterocycles. The number of hydrogen-bond acceptors (Lipinski definition) is 8. The Morgan fingerprint density at radius 1 is 1.19 bits per heavy atom. The molecule has 1 atom stereocenters. The van der Waals surface area contributed by atoms with E-state index in [1.165, 1.54) is 12.8 Å². The molecule has 1 unspecified atom stereocenters. The maximum Gasteiger partial charge on any atom is 0.233 e. The van der Waals surface area contributed by atoms with Crippen LogP contribution in [0.5, 0.6) is 0 Å². The number of benzene rings is 1. The number of anilines is 3. The van der Waals surface area contributed by atoms with Gasteiger partial charge in [-0.1, -0.05) is 19.1 Å². The van der Waals surface area contributed by atoms with Crippen molar-refractivity contribution in [3.63, 3.8) is 0 Å². The van der Waals surface area contributed by atoms with Gasteiger partial charge in [-0.15, -0.1) is 11.3 Å². The second kappa shape index (κ2) is 10.1. The lowest BCUT2D eigenvalue weighted by molar-refractivity contribution is -0.117. The highest BCUT2D eigenvalue weighted by atomic mass is 32.2. The average Bonchev–Trinajstić information content (AvgIpc) is 3.51. The quantitative estimate of drug-likeness (QED) is 0.354. The van der Waals surface area contributed by atoms with Gasteiger partial charge in [-0.05, 0) is 50.3 Å². The zero-order valence-electron chi connectivity index (χ0n) is 17.6. The van der Waals surface area contributed by atoms with Crippen LogP contribution in [0.3, 0.4) is 0 Å². The summed E-state index contributed by atoms with van der Waals surface area (Å²) in [6.07, 6.45) is 6.66. The fourth-order valence-electron chi connectivity index (χ4n) is 3.07. The maximum atomic E-state index is 12.9. The molecular formula is C22H26N6OS2. The van der Waals surface area contributed by atoms with E-state index in [0.29, 0.717) is 11.7 Å². The Kier molecular flexibility index (Phi) is 7.03. The van der Waals surface area contributed by atoms with E-state index in [0.717, 1.165) is 40.1 Å². The monoisotopic (exact) mass is 454 g/mol. The van der Waals surface area contributed by atoms with Crippen LogP contribution in [0.15, 0.2) is 42.0 Å². The first-order valence-corrected chi connectivity index (χ1v) is 12.3. The fourth-order valence-corrected chi connectivity index (χ4v) is 4.70. The minimum atomic E-state index is -0.278. The minimum Gasteiger partial charge on any atom is -0.369 e. The number of rotatable bonds is 10. The van der Waals surface area contributed by atoms with Crippen molar-refractivity contribution in [2.75, 3.05) is 21.9 Å². The molecule has 3 aromatic rings. The van der Waals surface area contributed by atoms with E-state index in [1.54, 1.807) is 35.7 Å². The predicted molar refractivity (Wildman–Crippen MR) is 130 cm³/mol. The molecule has 0 radical (unpaired) electrons. The van der Waals surface area contributed by atoms with E-state index in [4.69, 9.17) is 0 Å². The second-order valence-corrected chi connectivity index (χ2v) is 9.31. The summed E-state index contributed by atoms with van der Waals surface area (Å²) in [5, 5.41) is 9.73. The van der Waals surface area contributed by atoms with Crippen LogP contribution in [0, 0.1) is 0 Å². The molecule has 0 spiro atoms. The van der Waals surface area contributed by atoms with Crippen molar-refractivity contribution in [1.29, 1.82) is 0 Å². The molecule has 0 bridgehead atoms. The summed E-state index contributed by atoms with van der Waals surface area (Å²) < 4.78 is 3.31. The van der Waals surface area contributed by atoms with Gasteiger partial charge in [-0.3, -0.25) is 9.78 Å². The first kappa shape index (κ1) is 21.6. The van der Waals surface area contributed by atoms with Gasteiger partial charge in [0.25, 0.3) is 0 Å². The highest BCUT2D eigenvalue weighted by molar-refractivity contribution is 8.01. The Bertz CT molecular complexity index is 1020. The van der Waals surface area contributed by atoms with Crippen LogP contribution in [0.4, 0.5) is 16.6 Å². The van der Waals surface area contributed by atoms with Gasteiger partial charge in [0, 0.05) is 28.4 Å². The molecule has 9 heteroatoms. The third-order valence-corrected chi connectivity index (χ3v) is 6.90. The Morgan fingerprint density at radius 3 is 2.71 bits per heavy atom. The Hall–Kier alpha value is -2.65.